The van der Waals surface area contributed by atoms with Crippen LogP contribution in [0.15, 0.2) is 47.1 Å². The molecule has 0 saturated carbocycles. The van der Waals surface area contributed by atoms with Gasteiger partial charge in [0, 0.05) is 11.8 Å². The van der Waals surface area contributed by atoms with Crippen molar-refractivity contribution in [2.45, 2.75) is 13.3 Å². The van der Waals surface area contributed by atoms with Crippen LogP contribution < -0.4 is 0 Å². The molecule has 1 N–H and O–H groups in total. The molecule has 2 heterocycles. The van der Waals surface area contributed by atoms with Gasteiger partial charge in [0.05, 0.1) is 6.42 Å². The van der Waals surface area contributed by atoms with Crippen molar-refractivity contribution in [3.63, 3.8) is 0 Å². The number of hydrogen-bond donors (Lipinski definition) is 1. The van der Waals surface area contributed by atoms with Crippen molar-refractivity contribution in [3.8, 4) is 17.3 Å². The zero-order valence-corrected chi connectivity index (χ0v) is 10.9. The Kier molecular flexibility index (Phi) is 3.16. The SMILES string of the molecule is Cc1ccnc(-c2noc(Cc3ccccc3O)n2)c1. The molecule has 0 fully saturated rings. The number of aromatic hydroxyl groups is 1. The average Bonchev–Trinajstić information content (AvgIpc) is 2.90. The minimum atomic E-state index is 0.223. The second-order valence-corrected chi connectivity index (χ2v) is 4.54. The van der Waals surface area contributed by atoms with Gasteiger partial charge in [-0.15, -0.1) is 0 Å². The quantitative estimate of drug-likeness (QED) is 0.790. The molecule has 0 aliphatic carbocycles. The van der Waals surface area contributed by atoms with E-state index in [2.05, 4.69) is 15.1 Å². The third-order valence-corrected chi connectivity index (χ3v) is 2.95. The summed E-state index contributed by atoms with van der Waals surface area (Å²) in [5.74, 6) is 1.13. The van der Waals surface area contributed by atoms with Crippen molar-refractivity contribution < 1.29 is 9.63 Å². The Morgan fingerprint density at radius 2 is 2.05 bits per heavy atom. The fraction of sp³-hybridized carbons (Fsp3) is 0.133. The number of pyridine rings is 1. The number of nitrogens with zero attached hydrogens (tertiary/aromatic N) is 3. The lowest BCUT2D eigenvalue weighted by molar-refractivity contribution is 0.383. The van der Waals surface area contributed by atoms with Crippen molar-refractivity contribution in [2.75, 3.05) is 0 Å². The molecule has 0 atom stereocenters. The molecule has 0 saturated heterocycles. The first-order chi connectivity index (χ1) is 9.72. The lowest BCUT2D eigenvalue weighted by Gasteiger charge is -1.99. The Labute approximate surface area is 115 Å². The van der Waals surface area contributed by atoms with Gasteiger partial charge in [0.2, 0.25) is 11.7 Å². The minimum absolute atomic E-state index is 0.223. The smallest absolute Gasteiger partial charge is 0.231 e. The number of para-hydroxylation sites is 1. The largest absolute Gasteiger partial charge is 0.508 e. The number of aromatic nitrogens is 3. The van der Waals surface area contributed by atoms with E-state index in [0.717, 1.165) is 11.1 Å². The summed E-state index contributed by atoms with van der Waals surface area (Å²) in [6, 6.07) is 10.9. The van der Waals surface area contributed by atoms with Crippen LogP contribution >= 0.6 is 0 Å². The summed E-state index contributed by atoms with van der Waals surface area (Å²) in [5.41, 5.74) is 2.51. The van der Waals surface area contributed by atoms with Gasteiger partial charge in [0.15, 0.2) is 0 Å². The van der Waals surface area contributed by atoms with E-state index in [1.54, 1.807) is 18.3 Å². The third-order valence-electron chi connectivity index (χ3n) is 2.95. The van der Waals surface area contributed by atoms with Gasteiger partial charge in [-0.1, -0.05) is 23.4 Å². The Bertz CT molecular complexity index is 737. The highest BCUT2D eigenvalue weighted by atomic mass is 16.5. The molecule has 20 heavy (non-hydrogen) atoms. The lowest BCUT2D eigenvalue weighted by atomic mass is 10.1. The Morgan fingerprint density at radius 1 is 1.20 bits per heavy atom. The number of benzene rings is 1. The third kappa shape index (κ3) is 2.51. The first kappa shape index (κ1) is 12.3. The molecule has 3 aromatic rings. The summed E-state index contributed by atoms with van der Waals surface area (Å²) in [6.45, 7) is 1.98. The summed E-state index contributed by atoms with van der Waals surface area (Å²) in [5, 5.41) is 13.7. The first-order valence-electron chi connectivity index (χ1n) is 6.25. The number of phenolic OH excluding ortho intramolecular Hbond substituents is 1. The summed E-state index contributed by atoms with van der Waals surface area (Å²) in [7, 11) is 0. The van der Waals surface area contributed by atoms with E-state index >= 15 is 0 Å². The van der Waals surface area contributed by atoms with Gasteiger partial charge >= 0.3 is 0 Å². The van der Waals surface area contributed by atoms with Crippen molar-refractivity contribution in [3.05, 3.63) is 59.6 Å². The first-order valence-corrected chi connectivity index (χ1v) is 6.25. The summed E-state index contributed by atoms with van der Waals surface area (Å²) in [4.78, 5) is 8.52. The van der Waals surface area contributed by atoms with E-state index in [1.165, 1.54) is 0 Å². The van der Waals surface area contributed by atoms with Gasteiger partial charge in [-0.3, -0.25) is 4.98 Å². The molecule has 0 bridgehead atoms. The lowest BCUT2D eigenvalue weighted by Crippen LogP contribution is -1.90. The summed E-state index contributed by atoms with van der Waals surface area (Å²) < 4.78 is 5.21. The van der Waals surface area contributed by atoms with Crippen molar-refractivity contribution >= 4 is 0 Å². The van der Waals surface area contributed by atoms with Crippen LogP contribution in [0.1, 0.15) is 17.0 Å². The van der Waals surface area contributed by atoms with E-state index < -0.39 is 0 Å². The number of rotatable bonds is 3. The van der Waals surface area contributed by atoms with Crippen molar-refractivity contribution in [2.24, 2.45) is 0 Å². The number of aryl methyl sites for hydroxylation is 1. The predicted octanol–water partition coefficient (Wildman–Crippen LogP) is 2.74. The molecular formula is C15H13N3O2. The fourth-order valence-corrected chi connectivity index (χ4v) is 1.91. The van der Waals surface area contributed by atoms with Crippen molar-refractivity contribution in [1.82, 2.24) is 15.1 Å². The van der Waals surface area contributed by atoms with Gasteiger partial charge in [-0.25, -0.2) is 0 Å². The van der Waals surface area contributed by atoms with Crippen LogP contribution in [0.3, 0.4) is 0 Å². The van der Waals surface area contributed by atoms with E-state index in [9.17, 15) is 5.11 Å². The maximum atomic E-state index is 9.73. The van der Waals surface area contributed by atoms with Gasteiger partial charge in [0.1, 0.15) is 11.4 Å². The van der Waals surface area contributed by atoms with E-state index in [4.69, 9.17) is 4.52 Å². The maximum absolute atomic E-state index is 9.73. The molecular weight excluding hydrogens is 254 g/mol. The second kappa shape index (κ2) is 5.13. The predicted molar refractivity (Wildman–Crippen MR) is 73.2 cm³/mol. The van der Waals surface area contributed by atoms with E-state index in [0.29, 0.717) is 23.8 Å². The zero-order chi connectivity index (χ0) is 13.9. The average molecular weight is 267 g/mol. The van der Waals surface area contributed by atoms with Crippen LogP contribution in [0.5, 0.6) is 5.75 Å². The molecule has 2 aromatic heterocycles. The molecule has 1 aromatic carbocycles. The highest BCUT2D eigenvalue weighted by Crippen LogP contribution is 2.20. The normalized spacial score (nSPS) is 10.7. The molecule has 3 rings (SSSR count). The van der Waals surface area contributed by atoms with Crippen LogP contribution in [0.2, 0.25) is 0 Å². The van der Waals surface area contributed by atoms with Crippen LogP contribution in [0.4, 0.5) is 0 Å². The highest BCUT2D eigenvalue weighted by molar-refractivity contribution is 5.49. The maximum Gasteiger partial charge on any atom is 0.231 e. The van der Waals surface area contributed by atoms with Gasteiger partial charge in [-0.05, 0) is 30.7 Å². The molecule has 5 heteroatoms. The molecule has 0 spiro atoms. The standard InChI is InChI=1S/C15H13N3O2/c1-10-6-7-16-12(8-10)15-17-14(20-18-15)9-11-4-2-3-5-13(11)19/h2-8,19H,9H2,1H3. The van der Waals surface area contributed by atoms with Crippen LogP contribution in [-0.4, -0.2) is 20.2 Å². The van der Waals surface area contributed by atoms with Crippen LogP contribution in [0.25, 0.3) is 11.5 Å². The van der Waals surface area contributed by atoms with Crippen LogP contribution in [-0.2, 0) is 6.42 Å². The second-order valence-electron chi connectivity index (χ2n) is 4.54. The highest BCUT2D eigenvalue weighted by Gasteiger charge is 2.11. The molecule has 0 aliphatic rings. The monoisotopic (exact) mass is 267 g/mol. The topological polar surface area (TPSA) is 72.0 Å². The van der Waals surface area contributed by atoms with E-state index in [1.807, 2.05) is 31.2 Å². The molecule has 0 aliphatic heterocycles. The van der Waals surface area contributed by atoms with Gasteiger partial charge < -0.3 is 9.63 Å². The van der Waals surface area contributed by atoms with Gasteiger partial charge in [0.25, 0.3) is 0 Å². The number of hydrogen-bond acceptors (Lipinski definition) is 5. The zero-order valence-electron chi connectivity index (χ0n) is 10.9. The summed E-state index contributed by atoms with van der Waals surface area (Å²) >= 11 is 0. The minimum Gasteiger partial charge on any atom is -0.508 e. The molecule has 5 nitrogen and oxygen atoms in total. The van der Waals surface area contributed by atoms with Gasteiger partial charge in [-0.2, -0.15) is 4.98 Å². The Hall–Kier alpha value is -2.69. The Balaban J connectivity index is 1.86. The molecule has 100 valence electrons. The molecule has 0 radical (unpaired) electrons. The van der Waals surface area contributed by atoms with Crippen molar-refractivity contribution in [1.29, 1.82) is 0 Å². The fourth-order valence-electron chi connectivity index (χ4n) is 1.91. The Morgan fingerprint density at radius 3 is 2.85 bits per heavy atom. The summed E-state index contributed by atoms with van der Waals surface area (Å²) in [6.07, 6.45) is 2.11. The van der Waals surface area contributed by atoms with Crippen LogP contribution in [0, 0.1) is 6.92 Å². The molecule has 0 amide bonds. The van der Waals surface area contributed by atoms with E-state index in [-0.39, 0.29) is 5.75 Å². The molecule has 0 unspecified atom stereocenters. The number of phenols is 1.